The van der Waals surface area contributed by atoms with E-state index in [1.165, 1.54) is 25.9 Å². The number of hydrogen-bond donors (Lipinski definition) is 2. The summed E-state index contributed by atoms with van der Waals surface area (Å²) in [5.41, 5.74) is 11.6. The molecule has 6 aromatic heterocycles. The largest absolute Gasteiger partial charge is 0.513 e. The van der Waals surface area contributed by atoms with E-state index in [0.29, 0.717) is 5.57 Å². The second-order valence-electron chi connectivity index (χ2n) is 15.5. The van der Waals surface area contributed by atoms with Crippen LogP contribution in [0.25, 0.3) is 64.8 Å². The molecule has 0 bridgehead atoms. The summed E-state index contributed by atoms with van der Waals surface area (Å²) in [5, 5.41) is 24.0. The Morgan fingerprint density at radius 2 is 1.16 bits per heavy atom. The third-order valence-electron chi connectivity index (χ3n) is 9.46. The van der Waals surface area contributed by atoms with Crippen LogP contribution in [0, 0.1) is 6.07 Å². The van der Waals surface area contributed by atoms with Gasteiger partial charge >= 0.3 is 0 Å². The minimum atomic E-state index is -0.528. The predicted molar refractivity (Wildman–Crippen MR) is 230 cm³/mol. The van der Waals surface area contributed by atoms with Gasteiger partial charge in [0.25, 0.3) is 0 Å². The second kappa shape index (κ2) is 17.2. The normalized spacial score (nSPS) is 12.7. The summed E-state index contributed by atoms with van der Waals surface area (Å²) in [6.45, 7) is 18.2. The molecule has 2 aromatic carbocycles. The molecule has 1 unspecified atom stereocenters. The number of aliphatic hydroxyl groups excluding tert-OH is 2. The summed E-state index contributed by atoms with van der Waals surface area (Å²) in [6, 6.07) is 30.8. The van der Waals surface area contributed by atoms with E-state index < -0.39 is 6.10 Å². The van der Waals surface area contributed by atoms with Crippen molar-refractivity contribution in [3.63, 3.8) is 0 Å². The first kappa shape index (κ1) is 41.8. The van der Waals surface area contributed by atoms with Gasteiger partial charge in [-0.2, -0.15) is 0 Å². The Labute approximate surface area is 345 Å². The zero-order valence-corrected chi connectivity index (χ0v) is 36.8. The molecular weight excluding hydrogens is 897 g/mol. The van der Waals surface area contributed by atoms with E-state index in [4.69, 9.17) is 20.2 Å². The number of allylic oxidation sites excluding steroid dienone is 1. The third kappa shape index (κ3) is 9.37. The van der Waals surface area contributed by atoms with Gasteiger partial charge in [0.2, 0.25) is 0 Å². The van der Waals surface area contributed by atoms with E-state index >= 15 is 0 Å². The van der Waals surface area contributed by atoms with Gasteiger partial charge in [0.05, 0.1) is 38.0 Å². The molecule has 1 atom stereocenters. The first-order valence-corrected chi connectivity index (χ1v) is 19.8. The number of rotatable bonds is 3. The topological polar surface area (TPSA) is 92.0 Å². The minimum absolute atomic E-state index is 0. The van der Waals surface area contributed by atoms with Crippen LogP contribution in [0.5, 0.6) is 0 Å². The molecule has 0 aliphatic heterocycles. The molecule has 0 saturated carbocycles. The van der Waals surface area contributed by atoms with Gasteiger partial charge in [0.15, 0.2) is 0 Å². The maximum atomic E-state index is 8.77. The first-order valence-electron chi connectivity index (χ1n) is 18.0. The second-order valence-corrected chi connectivity index (χ2v) is 17.3. The summed E-state index contributed by atoms with van der Waals surface area (Å²) in [6.07, 6.45) is 3.13. The number of benzene rings is 2. The monoisotopic (exact) mass is 944 g/mol. The van der Waals surface area contributed by atoms with Crippen LogP contribution in [0.2, 0.25) is 0 Å². The molecule has 6 heterocycles. The molecule has 8 rings (SSSR count). The number of fused-ring (bicyclic) bond motifs is 6. The molecule has 0 saturated heterocycles. The summed E-state index contributed by atoms with van der Waals surface area (Å²) in [5.74, 6) is 0.208. The number of nitrogens with zero attached hydrogens (tertiary/aromatic N) is 4. The summed E-state index contributed by atoms with van der Waals surface area (Å²) < 4.78 is 2.41. The summed E-state index contributed by atoms with van der Waals surface area (Å²) >= 11 is 3.45. The Hall–Kier alpha value is -4.37. The number of hydrogen-bond acceptors (Lipinski definition) is 8. The number of aromatic nitrogens is 4. The number of thiophene rings is 2. The molecule has 0 spiro atoms. The molecule has 0 aliphatic carbocycles. The average molecular weight is 944 g/mol. The van der Waals surface area contributed by atoms with Crippen LogP contribution >= 0.6 is 22.7 Å². The maximum absolute atomic E-state index is 8.77. The Morgan fingerprint density at radius 3 is 1.60 bits per heavy atom. The van der Waals surface area contributed by atoms with Crippen molar-refractivity contribution in [3.8, 4) is 22.5 Å². The van der Waals surface area contributed by atoms with Crippen LogP contribution in [0.1, 0.15) is 73.4 Å². The van der Waals surface area contributed by atoms with Crippen molar-refractivity contribution in [2.75, 3.05) is 0 Å². The Kier molecular flexibility index (Phi) is 13.1. The summed E-state index contributed by atoms with van der Waals surface area (Å²) in [4.78, 5) is 18.7. The fraction of sp³-hybridized carbons (Fsp3) is 0.261. The van der Waals surface area contributed by atoms with Crippen LogP contribution < -0.4 is 0 Å². The average Bonchev–Trinajstić information content (AvgIpc) is 3.85. The van der Waals surface area contributed by atoms with Gasteiger partial charge in [-0.3, -0.25) is 15.0 Å². The first-order chi connectivity index (χ1) is 25.6. The predicted octanol–water partition coefficient (Wildman–Crippen LogP) is 12.6. The minimum Gasteiger partial charge on any atom is -0.513 e. The van der Waals surface area contributed by atoms with Gasteiger partial charge in [0, 0.05) is 43.4 Å². The molecule has 2 N–H and O–H groups in total. The van der Waals surface area contributed by atoms with Crippen LogP contribution in [0.3, 0.4) is 0 Å². The van der Waals surface area contributed by atoms with Crippen molar-refractivity contribution in [1.82, 2.24) is 19.9 Å². The zero-order chi connectivity index (χ0) is 38.8. The van der Waals surface area contributed by atoms with Gasteiger partial charge in [0.1, 0.15) is 11.0 Å². The standard InChI is InChI=1S/C20H18N2S.C20H17N2S.C6H12O2.Ir/c2*1-20(2,3)14-8-6-13(7-9-14)17-15-10-12-23-19(15)18-16(22-17)5-4-11-21-18;1-4(5(2)7)6(3)8;/h4-12H,1-3H3;4-6,8-12H,1-3H3;5,7-8H,1-3H3;/q;-1;;. The molecule has 0 fully saturated rings. The zero-order valence-electron chi connectivity index (χ0n) is 32.7. The van der Waals surface area contributed by atoms with E-state index in [0.717, 1.165) is 50.0 Å². The third-order valence-corrected chi connectivity index (χ3v) is 11.3. The van der Waals surface area contributed by atoms with E-state index in [1.807, 2.05) is 36.7 Å². The molecule has 6 nitrogen and oxygen atoms in total. The van der Waals surface area contributed by atoms with E-state index in [1.54, 1.807) is 43.4 Å². The van der Waals surface area contributed by atoms with Crippen molar-refractivity contribution in [2.45, 2.75) is 79.2 Å². The molecule has 55 heavy (non-hydrogen) atoms. The SMILES string of the molecule is CC(C)(C)c1c[c-]c(-c2nc3cccnc3c3sccc23)cc1.CC(C)(C)c1ccc(-c2nc3cccnc3c3sccc23)cc1.CC(O)=C(C)C(C)O.[Ir]. The van der Waals surface area contributed by atoms with Crippen LogP contribution in [0.4, 0.5) is 0 Å². The number of pyridine rings is 4. The van der Waals surface area contributed by atoms with Gasteiger partial charge in [-0.25, -0.2) is 4.98 Å². The van der Waals surface area contributed by atoms with Gasteiger partial charge < -0.3 is 10.2 Å². The van der Waals surface area contributed by atoms with Gasteiger partial charge in [-0.15, -0.1) is 58.1 Å². The molecule has 0 amide bonds. The molecule has 9 heteroatoms. The fourth-order valence-electron chi connectivity index (χ4n) is 5.94. The fourth-order valence-corrected chi connectivity index (χ4v) is 7.74. The van der Waals surface area contributed by atoms with Crippen LogP contribution in [-0.4, -0.2) is 36.3 Å². The van der Waals surface area contributed by atoms with Gasteiger partial charge in [-0.05, 0) is 94.9 Å². The van der Waals surface area contributed by atoms with E-state index in [2.05, 4.69) is 123 Å². The Balaban J connectivity index is 0.000000174. The number of aliphatic hydroxyl groups is 2. The van der Waals surface area contributed by atoms with Gasteiger partial charge in [-0.1, -0.05) is 71.9 Å². The van der Waals surface area contributed by atoms with Crippen LogP contribution in [0.15, 0.2) is 113 Å². The van der Waals surface area contributed by atoms with Crippen molar-refractivity contribution in [3.05, 3.63) is 131 Å². The molecule has 0 aliphatic rings. The quantitative estimate of drug-likeness (QED) is 0.135. The van der Waals surface area contributed by atoms with Crippen molar-refractivity contribution in [1.29, 1.82) is 0 Å². The van der Waals surface area contributed by atoms with Crippen LogP contribution in [-0.2, 0) is 30.9 Å². The summed E-state index contributed by atoms with van der Waals surface area (Å²) in [7, 11) is 0. The molecule has 1 radical (unpaired) electrons. The van der Waals surface area contributed by atoms with E-state index in [-0.39, 0.29) is 36.7 Å². The van der Waals surface area contributed by atoms with Crippen molar-refractivity contribution in [2.24, 2.45) is 0 Å². The van der Waals surface area contributed by atoms with E-state index in [9.17, 15) is 0 Å². The Bertz CT molecular complexity index is 2410. The van der Waals surface area contributed by atoms with Crippen molar-refractivity contribution >= 4 is 64.9 Å². The Morgan fingerprint density at radius 1 is 0.673 bits per heavy atom. The molecule has 285 valence electrons. The maximum Gasteiger partial charge on any atom is 0.106 e. The van der Waals surface area contributed by atoms with Crippen molar-refractivity contribution < 1.29 is 30.3 Å². The smallest absolute Gasteiger partial charge is 0.106 e. The molecule has 8 aromatic rings. The molecular formula is C46H47IrN4O2S2-.